The van der Waals surface area contributed by atoms with Crippen molar-refractivity contribution in [1.29, 1.82) is 0 Å². The van der Waals surface area contributed by atoms with Gasteiger partial charge in [0.25, 0.3) is 0 Å². The Hall–Kier alpha value is -1.20. The van der Waals surface area contributed by atoms with E-state index in [0.717, 1.165) is 36.2 Å². The van der Waals surface area contributed by atoms with Crippen LogP contribution in [0.25, 0.3) is 10.2 Å². The molecule has 4 rings (SSSR count). The van der Waals surface area contributed by atoms with E-state index in [-0.39, 0.29) is 0 Å². The lowest BCUT2D eigenvalue weighted by Crippen LogP contribution is -2.50. The second kappa shape index (κ2) is 4.97. The number of fused-ring (bicyclic) bond motifs is 2. The van der Waals surface area contributed by atoms with E-state index < -0.39 is 0 Å². The normalized spacial score (nSPS) is 23.4. The Morgan fingerprint density at radius 3 is 3.15 bits per heavy atom. The van der Waals surface area contributed by atoms with Crippen LogP contribution in [0.2, 0.25) is 0 Å². The minimum absolute atomic E-state index is 0.734. The molecule has 0 saturated carbocycles. The third kappa shape index (κ3) is 2.00. The van der Waals surface area contributed by atoms with Crippen molar-refractivity contribution in [2.75, 3.05) is 31.1 Å². The lowest BCUT2D eigenvalue weighted by molar-refractivity contribution is 0.230. The molecule has 2 aromatic heterocycles. The summed E-state index contributed by atoms with van der Waals surface area (Å²) in [5.41, 5.74) is 0. The standard InChI is InChI=1S/C15H20N4S/c1-2-12-8-13-14(16-10-17-15(13)20-12)19-7-6-18-5-3-4-11(18)9-19/h8,10-11H,2-7,9H2,1H3/t11-/m0/s1. The Balaban J connectivity index is 1.69. The summed E-state index contributed by atoms with van der Waals surface area (Å²) in [5.74, 6) is 1.15. The fourth-order valence-corrected chi connectivity index (χ4v) is 4.43. The van der Waals surface area contributed by atoms with Crippen LogP contribution < -0.4 is 4.90 Å². The molecule has 0 spiro atoms. The molecule has 2 aliphatic rings. The summed E-state index contributed by atoms with van der Waals surface area (Å²) in [6.45, 7) is 6.90. The van der Waals surface area contributed by atoms with Gasteiger partial charge in [-0.3, -0.25) is 4.90 Å². The monoisotopic (exact) mass is 288 g/mol. The van der Waals surface area contributed by atoms with Crippen LogP contribution in [0.4, 0.5) is 5.82 Å². The SMILES string of the molecule is CCc1cc2c(N3CCN4CCC[C@H]4C3)ncnc2s1. The molecule has 1 atom stereocenters. The maximum Gasteiger partial charge on any atom is 0.140 e. The van der Waals surface area contributed by atoms with Crippen molar-refractivity contribution in [1.82, 2.24) is 14.9 Å². The zero-order valence-corrected chi connectivity index (χ0v) is 12.7. The van der Waals surface area contributed by atoms with Gasteiger partial charge in [-0.2, -0.15) is 0 Å². The Morgan fingerprint density at radius 1 is 1.30 bits per heavy atom. The molecule has 2 saturated heterocycles. The van der Waals surface area contributed by atoms with Crippen LogP contribution >= 0.6 is 11.3 Å². The maximum atomic E-state index is 4.60. The van der Waals surface area contributed by atoms with E-state index in [9.17, 15) is 0 Å². The van der Waals surface area contributed by atoms with Crippen molar-refractivity contribution >= 4 is 27.4 Å². The zero-order chi connectivity index (χ0) is 13.5. The van der Waals surface area contributed by atoms with Crippen LogP contribution in [0.15, 0.2) is 12.4 Å². The summed E-state index contributed by atoms with van der Waals surface area (Å²) < 4.78 is 0. The molecule has 0 aliphatic carbocycles. The van der Waals surface area contributed by atoms with Crippen LogP contribution in [0.1, 0.15) is 24.6 Å². The minimum Gasteiger partial charge on any atom is -0.353 e. The zero-order valence-electron chi connectivity index (χ0n) is 11.9. The van der Waals surface area contributed by atoms with Gasteiger partial charge >= 0.3 is 0 Å². The molecule has 0 aromatic carbocycles. The van der Waals surface area contributed by atoms with Crippen molar-refractivity contribution in [2.45, 2.75) is 32.2 Å². The van der Waals surface area contributed by atoms with Crippen molar-refractivity contribution < 1.29 is 0 Å². The first-order valence-corrected chi connectivity index (χ1v) is 8.39. The molecule has 4 nitrogen and oxygen atoms in total. The highest BCUT2D eigenvalue weighted by molar-refractivity contribution is 7.18. The first-order valence-electron chi connectivity index (χ1n) is 7.57. The predicted molar refractivity (Wildman–Crippen MR) is 83.6 cm³/mol. The predicted octanol–water partition coefficient (Wildman–Crippen LogP) is 2.54. The van der Waals surface area contributed by atoms with Gasteiger partial charge in [0.1, 0.15) is 17.0 Å². The van der Waals surface area contributed by atoms with Gasteiger partial charge in [0.2, 0.25) is 0 Å². The first-order chi connectivity index (χ1) is 9.85. The quantitative estimate of drug-likeness (QED) is 0.850. The van der Waals surface area contributed by atoms with E-state index in [2.05, 4.69) is 32.8 Å². The molecule has 20 heavy (non-hydrogen) atoms. The van der Waals surface area contributed by atoms with Gasteiger partial charge in [-0.05, 0) is 31.9 Å². The molecule has 2 fully saturated rings. The summed E-state index contributed by atoms with van der Waals surface area (Å²) in [5, 5.41) is 1.25. The molecular weight excluding hydrogens is 268 g/mol. The number of aryl methyl sites for hydroxylation is 1. The van der Waals surface area contributed by atoms with Crippen LogP contribution in [-0.2, 0) is 6.42 Å². The van der Waals surface area contributed by atoms with Crippen LogP contribution in [-0.4, -0.2) is 47.1 Å². The molecule has 0 radical (unpaired) electrons. The molecule has 0 N–H and O–H groups in total. The van der Waals surface area contributed by atoms with E-state index >= 15 is 0 Å². The molecule has 106 valence electrons. The molecule has 2 aliphatic heterocycles. The molecule has 0 bridgehead atoms. The van der Waals surface area contributed by atoms with E-state index in [4.69, 9.17) is 0 Å². The van der Waals surface area contributed by atoms with Crippen LogP contribution in [0.5, 0.6) is 0 Å². The summed E-state index contributed by atoms with van der Waals surface area (Å²) in [6.07, 6.45) is 5.51. The third-order valence-corrected chi connectivity index (χ3v) is 5.78. The van der Waals surface area contributed by atoms with Gasteiger partial charge in [-0.1, -0.05) is 6.92 Å². The number of piperazine rings is 1. The van der Waals surface area contributed by atoms with Gasteiger partial charge < -0.3 is 4.90 Å². The Morgan fingerprint density at radius 2 is 2.25 bits per heavy atom. The minimum atomic E-state index is 0.734. The number of anilines is 1. The Bertz CT molecular complexity index is 623. The van der Waals surface area contributed by atoms with E-state index in [1.165, 1.54) is 36.2 Å². The van der Waals surface area contributed by atoms with E-state index in [1.54, 1.807) is 17.7 Å². The Labute approximate surface area is 123 Å². The second-order valence-electron chi connectivity index (χ2n) is 5.76. The fraction of sp³-hybridized carbons (Fsp3) is 0.600. The molecule has 2 aromatic rings. The van der Waals surface area contributed by atoms with Crippen LogP contribution in [0.3, 0.4) is 0 Å². The summed E-state index contributed by atoms with van der Waals surface area (Å²) in [7, 11) is 0. The number of hydrogen-bond acceptors (Lipinski definition) is 5. The number of hydrogen-bond donors (Lipinski definition) is 0. The summed E-state index contributed by atoms with van der Waals surface area (Å²) in [4.78, 5) is 16.7. The van der Waals surface area contributed by atoms with Gasteiger partial charge in [0.15, 0.2) is 0 Å². The molecular formula is C15H20N4S. The molecule has 0 unspecified atom stereocenters. The van der Waals surface area contributed by atoms with Crippen LogP contribution in [0, 0.1) is 0 Å². The van der Waals surface area contributed by atoms with Gasteiger partial charge in [-0.25, -0.2) is 9.97 Å². The van der Waals surface area contributed by atoms with Gasteiger partial charge in [0, 0.05) is 30.6 Å². The highest BCUT2D eigenvalue weighted by Gasteiger charge is 2.31. The molecule has 5 heteroatoms. The average Bonchev–Trinajstić information content (AvgIpc) is 3.11. The Kier molecular flexibility index (Phi) is 3.11. The fourth-order valence-electron chi connectivity index (χ4n) is 3.50. The number of nitrogens with zero attached hydrogens (tertiary/aromatic N) is 4. The highest BCUT2D eigenvalue weighted by Crippen LogP contribution is 2.32. The number of aromatic nitrogens is 2. The lowest BCUT2D eigenvalue weighted by Gasteiger charge is -2.38. The summed E-state index contributed by atoms with van der Waals surface area (Å²) in [6, 6.07) is 3.02. The van der Waals surface area contributed by atoms with Gasteiger partial charge in [0.05, 0.1) is 5.39 Å². The van der Waals surface area contributed by atoms with E-state index in [0.29, 0.717) is 0 Å². The lowest BCUT2D eigenvalue weighted by atomic mass is 10.1. The number of thiophene rings is 1. The topological polar surface area (TPSA) is 32.3 Å². The van der Waals surface area contributed by atoms with Crippen molar-refractivity contribution in [3.8, 4) is 0 Å². The molecule has 0 amide bonds. The largest absolute Gasteiger partial charge is 0.353 e. The van der Waals surface area contributed by atoms with Crippen molar-refractivity contribution in [3.05, 3.63) is 17.3 Å². The van der Waals surface area contributed by atoms with E-state index in [1.807, 2.05) is 0 Å². The average molecular weight is 288 g/mol. The second-order valence-corrected chi connectivity index (χ2v) is 6.88. The third-order valence-electron chi connectivity index (χ3n) is 4.59. The van der Waals surface area contributed by atoms with Gasteiger partial charge in [-0.15, -0.1) is 11.3 Å². The summed E-state index contributed by atoms with van der Waals surface area (Å²) >= 11 is 1.81. The van der Waals surface area contributed by atoms with Crippen molar-refractivity contribution in [3.63, 3.8) is 0 Å². The number of rotatable bonds is 2. The first kappa shape index (κ1) is 12.5. The van der Waals surface area contributed by atoms with Crippen molar-refractivity contribution in [2.24, 2.45) is 0 Å². The maximum absolute atomic E-state index is 4.60. The smallest absolute Gasteiger partial charge is 0.140 e. The molecule has 4 heterocycles. The highest BCUT2D eigenvalue weighted by atomic mass is 32.1.